The van der Waals surface area contributed by atoms with E-state index >= 15 is 0 Å². The Labute approximate surface area is 148 Å². The topological polar surface area (TPSA) is 91.5 Å². The van der Waals surface area contributed by atoms with Crippen LogP contribution in [0.1, 0.15) is 10.5 Å². The number of H-pyrrole nitrogens is 1. The van der Waals surface area contributed by atoms with Gasteiger partial charge in [0.15, 0.2) is 0 Å². The van der Waals surface area contributed by atoms with Crippen molar-refractivity contribution < 1.29 is 17.9 Å². The van der Waals surface area contributed by atoms with Crippen molar-refractivity contribution in [3.05, 3.63) is 46.7 Å². The molecule has 1 fully saturated rings. The molecule has 0 atom stereocenters. The largest absolute Gasteiger partial charge is 0.379 e. The second-order valence-corrected chi connectivity index (χ2v) is 8.08. The summed E-state index contributed by atoms with van der Waals surface area (Å²) in [6.45, 7) is 1.38. The fourth-order valence-electron chi connectivity index (χ4n) is 2.32. The van der Waals surface area contributed by atoms with Crippen LogP contribution < -0.4 is 5.32 Å². The van der Waals surface area contributed by atoms with Crippen molar-refractivity contribution in [1.29, 1.82) is 0 Å². The first kappa shape index (κ1) is 17.2. The first-order valence-corrected chi connectivity index (χ1v) is 9.53. The molecule has 1 aliphatic heterocycles. The Balaban J connectivity index is 1.74. The molecule has 7 nitrogen and oxygen atoms in total. The van der Waals surface area contributed by atoms with Crippen molar-refractivity contribution >= 4 is 37.5 Å². The van der Waals surface area contributed by atoms with E-state index in [0.29, 0.717) is 32.0 Å². The Morgan fingerprint density at radius 1 is 1.21 bits per heavy atom. The van der Waals surface area contributed by atoms with Gasteiger partial charge < -0.3 is 15.0 Å². The second-order valence-electron chi connectivity index (χ2n) is 5.23. The monoisotopic (exact) mass is 413 g/mol. The number of benzene rings is 1. The molecule has 1 saturated heterocycles. The molecule has 0 spiro atoms. The zero-order valence-corrected chi connectivity index (χ0v) is 15.1. The van der Waals surface area contributed by atoms with Gasteiger partial charge in [0.25, 0.3) is 5.91 Å². The van der Waals surface area contributed by atoms with Gasteiger partial charge in [0.2, 0.25) is 10.0 Å². The van der Waals surface area contributed by atoms with Crippen molar-refractivity contribution in [3.63, 3.8) is 0 Å². The number of nitrogens with zero attached hydrogens (tertiary/aromatic N) is 1. The third-order valence-electron chi connectivity index (χ3n) is 3.61. The van der Waals surface area contributed by atoms with Gasteiger partial charge in [0.05, 0.1) is 13.2 Å². The number of nitrogens with one attached hydrogen (secondary N) is 2. The van der Waals surface area contributed by atoms with E-state index in [9.17, 15) is 13.2 Å². The minimum Gasteiger partial charge on any atom is -0.379 e. The number of hydrogen-bond donors (Lipinski definition) is 2. The summed E-state index contributed by atoms with van der Waals surface area (Å²) in [7, 11) is -3.62. The molecule has 1 amide bonds. The minimum atomic E-state index is -3.62. The molecule has 0 saturated carbocycles. The predicted molar refractivity (Wildman–Crippen MR) is 92.5 cm³/mol. The number of morpholine rings is 1. The Morgan fingerprint density at radius 2 is 1.88 bits per heavy atom. The molecule has 0 aliphatic carbocycles. The van der Waals surface area contributed by atoms with E-state index in [1.165, 1.54) is 16.6 Å². The van der Waals surface area contributed by atoms with Crippen LogP contribution in [0.25, 0.3) is 0 Å². The van der Waals surface area contributed by atoms with Crippen LogP contribution in [0.5, 0.6) is 0 Å². The lowest BCUT2D eigenvalue weighted by Crippen LogP contribution is -2.40. The molecule has 3 rings (SSSR count). The molecule has 2 heterocycles. The summed E-state index contributed by atoms with van der Waals surface area (Å²) in [5.41, 5.74) is 0.806. The summed E-state index contributed by atoms with van der Waals surface area (Å²) in [6, 6.07) is 8.45. The number of aromatic nitrogens is 1. The normalized spacial score (nSPS) is 16.0. The van der Waals surface area contributed by atoms with Crippen molar-refractivity contribution in [1.82, 2.24) is 9.29 Å². The number of anilines is 1. The number of halogens is 1. The van der Waals surface area contributed by atoms with Gasteiger partial charge in [0, 0.05) is 29.4 Å². The first-order valence-electron chi connectivity index (χ1n) is 7.30. The highest BCUT2D eigenvalue weighted by Crippen LogP contribution is 2.19. The fourth-order valence-corrected chi connectivity index (χ4v) is 3.99. The van der Waals surface area contributed by atoms with Gasteiger partial charge in [-0.25, -0.2) is 8.42 Å². The highest BCUT2D eigenvalue weighted by atomic mass is 79.9. The van der Waals surface area contributed by atoms with Gasteiger partial charge in [-0.1, -0.05) is 15.9 Å². The number of sulfonamides is 1. The van der Waals surface area contributed by atoms with E-state index in [0.717, 1.165) is 4.47 Å². The molecule has 0 unspecified atom stereocenters. The average molecular weight is 414 g/mol. The second kappa shape index (κ2) is 7.06. The third kappa shape index (κ3) is 3.69. The van der Waals surface area contributed by atoms with Crippen molar-refractivity contribution in [2.45, 2.75) is 4.90 Å². The molecule has 24 heavy (non-hydrogen) atoms. The standard InChI is InChI=1S/C15H16BrN3O4S/c16-11-1-3-12(4-2-11)18-15(20)14-9-13(10-17-14)24(21,22)19-5-7-23-8-6-19/h1-4,9-10,17H,5-8H2,(H,18,20). The maximum Gasteiger partial charge on any atom is 0.272 e. The van der Waals surface area contributed by atoms with E-state index in [4.69, 9.17) is 4.74 Å². The quantitative estimate of drug-likeness (QED) is 0.801. The lowest BCUT2D eigenvalue weighted by molar-refractivity contribution is 0.0730. The number of rotatable bonds is 4. The van der Waals surface area contributed by atoms with Crippen LogP contribution >= 0.6 is 15.9 Å². The van der Waals surface area contributed by atoms with Crippen molar-refractivity contribution in [3.8, 4) is 0 Å². The van der Waals surface area contributed by atoms with E-state index < -0.39 is 15.9 Å². The molecular weight excluding hydrogens is 398 g/mol. The average Bonchev–Trinajstić information content (AvgIpc) is 3.09. The van der Waals surface area contributed by atoms with Crippen LogP contribution in [0.2, 0.25) is 0 Å². The van der Waals surface area contributed by atoms with Gasteiger partial charge in [-0.05, 0) is 30.3 Å². The predicted octanol–water partition coefficient (Wildman–Crippen LogP) is 2.05. The zero-order valence-electron chi connectivity index (χ0n) is 12.7. The minimum absolute atomic E-state index is 0.0744. The molecule has 2 N–H and O–H groups in total. The van der Waals surface area contributed by atoms with E-state index in [1.54, 1.807) is 24.3 Å². The summed E-state index contributed by atoms with van der Waals surface area (Å²) < 4.78 is 32.5. The smallest absolute Gasteiger partial charge is 0.272 e. The van der Waals surface area contributed by atoms with Gasteiger partial charge in [-0.3, -0.25) is 4.79 Å². The molecule has 128 valence electrons. The third-order valence-corrected chi connectivity index (χ3v) is 6.02. The molecular formula is C15H16BrN3O4S. The highest BCUT2D eigenvalue weighted by Gasteiger charge is 2.27. The summed E-state index contributed by atoms with van der Waals surface area (Å²) in [6.07, 6.45) is 1.33. The first-order chi connectivity index (χ1) is 11.5. The van der Waals surface area contributed by atoms with Gasteiger partial charge in [0.1, 0.15) is 10.6 Å². The molecule has 1 aromatic heterocycles. The van der Waals surface area contributed by atoms with E-state index in [-0.39, 0.29) is 10.6 Å². The van der Waals surface area contributed by atoms with Gasteiger partial charge >= 0.3 is 0 Å². The number of aromatic amines is 1. The van der Waals surface area contributed by atoms with Crippen LogP contribution in [-0.2, 0) is 14.8 Å². The maximum atomic E-state index is 12.5. The Morgan fingerprint density at radius 3 is 2.54 bits per heavy atom. The van der Waals surface area contributed by atoms with Crippen LogP contribution in [0.4, 0.5) is 5.69 Å². The molecule has 9 heteroatoms. The molecule has 2 aromatic rings. The Hall–Kier alpha value is -1.68. The summed E-state index contributed by atoms with van der Waals surface area (Å²) >= 11 is 3.32. The molecule has 1 aliphatic rings. The Bertz CT molecular complexity index is 827. The highest BCUT2D eigenvalue weighted by molar-refractivity contribution is 9.10. The summed E-state index contributed by atoms with van der Waals surface area (Å²) in [5, 5.41) is 2.71. The number of carbonyl (C=O) groups excluding carboxylic acids is 1. The zero-order chi connectivity index (χ0) is 17.2. The van der Waals surface area contributed by atoms with E-state index in [1.807, 2.05) is 0 Å². The molecule has 1 aromatic carbocycles. The van der Waals surface area contributed by atoms with Gasteiger partial charge in [-0.2, -0.15) is 4.31 Å². The summed E-state index contributed by atoms with van der Waals surface area (Å²) in [5.74, 6) is -0.402. The van der Waals surface area contributed by atoms with E-state index in [2.05, 4.69) is 26.2 Å². The van der Waals surface area contributed by atoms with Crippen LogP contribution in [0.3, 0.4) is 0 Å². The lowest BCUT2D eigenvalue weighted by Gasteiger charge is -2.25. The maximum absolute atomic E-state index is 12.5. The fraction of sp³-hybridized carbons (Fsp3) is 0.267. The van der Waals surface area contributed by atoms with Crippen LogP contribution in [0.15, 0.2) is 45.9 Å². The van der Waals surface area contributed by atoms with Crippen molar-refractivity contribution in [2.24, 2.45) is 0 Å². The van der Waals surface area contributed by atoms with Crippen molar-refractivity contribution in [2.75, 3.05) is 31.6 Å². The van der Waals surface area contributed by atoms with Gasteiger partial charge in [-0.15, -0.1) is 0 Å². The Kier molecular flexibility index (Phi) is 5.04. The lowest BCUT2D eigenvalue weighted by atomic mass is 10.3. The number of hydrogen-bond acceptors (Lipinski definition) is 4. The number of ether oxygens (including phenoxy) is 1. The number of amides is 1. The van der Waals surface area contributed by atoms with Crippen LogP contribution in [0, 0.1) is 0 Å². The summed E-state index contributed by atoms with van der Waals surface area (Å²) in [4.78, 5) is 15.0. The molecule has 0 bridgehead atoms. The molecule has 0 radical (unpaired) electrons. The SMILES string of the molecule is O=C(Nc1ccc(Br)cc1)c1cc(S(=O)(=O)N2CCOCC2)c[nH]1. The van der Waals surface area contributed by atoms with Crippen LogP contribution in [-0.4, -0.2) is 49.9 Å². The number of carbonyl (C=O) groups is 1.